The van der Waals surface area contributed by atoms with Crippen LogP contribution in [0, 0.1) is 11.8 Å². The molecule has 0 amide bonds. The predicted octanol–water partition coefficient (Wildman–Crippen LogP) is 4.83. The number of aromatic nitrogens is 1. The number of benzene rings is 2. The van der Waals surface area contributed by atoms with E-state index in [9.17, 15) is 19.8 Å². The van der Waals surface area contributed by atoms with Gasteiger partial charge in [0.2, 0.25) is 0 Å². The molecule has 0 saturated heterocycles. The topological polar surface area (TPSA) is 98.0 Å². The molecule has 1 heterocycles. The van der Waals surface area contributed by atoms with Gasteiger partial charge in [0.1, 0.15) is 5.75 Å². The largest absolute Gasteiger partial charge is 0.496 e. The van der Waals surface area contributed by atoms with Gasteiger partial charge in [-0.2, -0.15) is 0 Å². The van der Waals surface area contributed by atoms with E-state index in [1.54, 1.807) is 33.1 Å². The Hall–Kier alpha value is -3.32. The van der Waals surface area contributed by atoms with Crippen molar-refractivity contribution < 1.29 is 29.3 Å². The van der Waals surface area contributed by atoms with Crippen molar-refractivity contribution >= 4 is 22.8 Å². The molecule has 1 aromatic heterocycles. The quantitative estimate of drug-likeness (QED) is 0.415. The Morgan fingerprint density at radius 3 is 2.38 bits per heavy atom. The van der Waals surface area contributed by atoms with Gasteiger partial charge in [0, 0.05) is 30.1 Å². The number of carboxylic acid groups (broad SMARTS) is 1. The van der Waals surface area contributed by atoms with Gasteiger partial charge in [-0.05, 0) is 53.3 Å². The molecule has 0 spiro atoms. The second-order valence-corrected chi connectivity index (χ2v) is 8.87. The summed E-state index contributed by atoms with van der Waals surface area (Å²) in [4.78, 5) is 23.7. The van der Waals surface area contributed by atoms with E-state index in [-0.39, 0.29) is 5.92 Å². The fourth-order valence-corrected chi connectivity index (χ4v) is 4.47. The van der Waals surface area contributed by atoms with E-state index < -0.39 is 24.0 Å². The highest BCUT2D eigenvalue weighted by molar-refractivity contribution is 5.90. The number of aliphatic carboxylic acids is 1. The normalized spacial score (nSPS) is 13.1. The third kappa shape index (κ3) is 5.09. The molecule has 0 fully saturated rings. The highest BCUT2D eigenvalue weighted by Gasteiger charge is 2.31. The molecule has 0 radical (unpaired) electrons. The Kier molecular flexibility index (Phi) is 7.99. The molecule has 2 atom stereocenters. The van der Waals surface area contributed by atoms with Crippen LogP contribution < -0.4 is 4.74 Å². The van der Waals surface area contributed by atoms with Gasteiger partial charge in [0.25, 0.3) is 0 Å². The summed E-state index contributed by atoms with van der Waals surface area (Å²) in [6, 6.07) is 10.9. The van der Waals surface area contributed by atoms with Crippen molar-refractivity contribution in [2.45, 2.75) is 46.3 Å². The van der Waals surface area contributed by atoms with Crippen LogP contribution in [0.4, 0.5) is 0 Å². The zero-order chi connectivity index (χ0) is 25.0. The first kappa shape index (κ1) is 25.3. The number of fused-ring (bicyclic) bond motifs is 1. The van der Waals surface area contributed by atoms with E-state index in [4.69, 9.17) is 9.47 Å². The molecule has 34 heavy (non-hydrogen) atoms. The maximum Gasteiger partial charge on any atom is 0.337 e. The second kappa shape index (κ2) is 10.7. The molecule has 182 valence electrons. The number of ether oxygens (including phenoxy) is 2. The Bertz CT molecular complexity index is 1180. The number of aryl methyl sites for hydroxylation is 1. The van der Waals surface area contributed by atoms with Gasteiger partial charge < -0.3 is 24.3 Å². The van der Waals surface area contributed by atoms with Crippen LogP contribution in [0.5, 0.6) is 5.75 Å². The van der Waals surface area contributed by atoms with Crippen LogP contribution >= 0.6 is 0 Å². The van der Waals surface area contributed by atoms with Crippen molar-refractivity contribution in [2.24, 2.45) is 11.8 Å². The van der Waals surface area contributed by atoms with Crippen molar-refractivity contribution in [2.75, 3.05) is 14.2 Å². The van der Waals surface area contributed by atoms with Crippen LogP contribution in [0.15, 0.2) is 42.6 Å². The number of aliphatic hydroxyl groups excluding tert-OH is 1. The van der Waals surface area contributed by atoms with Crippen LogP contribution in [0.1, 0.15) is 60.3 Å². The number of rotatable bonds is 10. The number of methoxy groups -OCH3 is 2. The zero-order valence-corrected chi connectivity index (χ0v) is 20.4. The fourth-order valence-electron chi connectivity index (χ4n) is 4.47. The molecule has 2 unspecified atom stereocenters. The van der Waals surface area contributed by atoms with Crippen LogP contribution in [0.2, 0.25) is 0 Å². The summed E-state index contributed by atoms with van der Waals surface area (Å²) < 4.78 is 12.5. The minimum atomic E-state index is -1.11. The standard InChI is InChI=1S/C27H33NO6/c1-6-11-28-15-20(12-17-7-8-19(27(32)34-5)14-23(17)33-4)21-13-18(9-10-22(21)28)25(29)24(16(2)3)26(30)31/h7-10,13-16,24-25,29H,6,11-12H2,1-5H3,(H,30,31). The molecule has 2 N–H and O–H groups in total. The van der Waals surface area contributed by atoms with E-state index in [1.807, 2.05) is 24.3 Å². The molecule has 0 saturated carbocycles. The molecule has 0 aliphatic heterocycles. The summed E-state index contributed by atoms with van der Waals surface area (Å²) in [5, 5.41) is 21.5. The summed E-state index contributed by atoms with van der Waals surface area (Å²) in [6.07, 6.45) is 2.48. The number of carbonyl (C=O) groups excluding carboxylic acids is 1. The monoisotopic (exact) mass is 467 g/mol. The first-order valence-corrected chi connectivity index (χ1v) is 11.5. The molecule has 7 heteroatoms. The summed E-state index contributed by atoms with van der Waals surface area (Å²) >= 11 is 0. The number of aliphatic hydroxyl groups is 1. The molecular weight excluding hydrogens is 434 g/mol. The van der Waals surface area contributed by atoms with Gasteiger partial charge in [-0.1, -0.05) is 32.9 Å². The Labute approximate surface area is 199 Å². The van der Waals surface area contributed by atoms with E-state index in [2.05, 4.69) is 17.7 Å². The average Bonchev–Trinajstić information content (AvgIpc) is 3.14. The zero-order valence-electron chi connectivity index (χ0n) is 20.4. The van der Waals surface area contributed by atoms with Crippen molar-refractivity contribution in [1.82, 2.24) is 4.57 Å². The molecule has 0 aliphatic rings. The maximum absolute atomic E-state index is 11.9. The van der Waals surface area contributed by atoms with Gasteiger partial charge in [-0.3, -0.25) is 4.79 Å². The number of carbonyl (C=O) groups is 2. The molecule has 0 bridgehead atoms. The van der Waals surface area contributed by atoms with Gasteiger partial charge in [-0.15, -0.1) is 0 Å². The lowest BCUT2D eigenvalue weighted by Gasteiger charge is -2.23. The minimum Gasteiger partial charge on any atom is -0.496 e. The fraction of sp³-hybridized carbons (Fsp3) is 0.407. The summed E-state index contributed by atoms with van der Waals surface area (Å²) in [5.74, 6) is -1.97. The van der Waals surface area contributed by atoms with E-state index in [0.717, 1.165) is 35.0 Å². The average molecular weight is 468 g/mol. The lowest BCUT2D eigenvalue weighted by atomic mass is 9.86. The molecule has 3 aromatic rings. The SMILES string of the molecule is CCCn1cc(Cc2ccc(C(=O)OC)cc2OC)c2cc(C(O)C(C(=O)O)C(C)C)ccc21. The molecule has 3 rings (SSSR count). The summed E-state index contributed by atoms with van der Waals surface area (Å²) in [5.41, 5.74) is 3.95. The van der Waals surface area contributed by atoms with Gasteiger partial charge in [0.15, 0.2) is 0 Å². The van der Waals surface area contributed by atoms with E-state index >= 15 is 0 Å². The van der Waals surface area contributed by atoms with Gasteiger partial charge in [-0.25, -0.2) is 4.79 Å². The van der Waals surface area contributed by atoms with Crippen molar-refractivity contribution in [1.29, 1.82) is 0 Å². The summed E-state index contributed by atoms with van der Waals surface area (Å²) in [6.45, 7) is 6.54. The van der Waals surface area contributed by atoms with Gasteiger partial charge in [0.05, 0.1) is 31.8 Å². The molecular formula is C27H33NO6. The van der Waals surface area contributed by atoms with E-state index in [0.29, 0.717) is 23.3 Å². The summed E-state index contributed by atoms with van der Waals surface area (Å²) in [7, 11) is 2.90. The first-order chi connectivity index (χ1) is 16.2. The lowest BCUT2D eigenvalue weighted by Crippen LogP contribution is -2.26. The lowest BCUT2D eigenvalue weighted by molar-refractivity contribution is -0.148. The van der Waals surface area contributed by atoms with E-state index in [1.165, 1.54) is 7.11 Å². The maximum atomic E-state index is 11.9. The number of esters is 1. The minimum absolute atomic E-state index is 0.218. The number of nitrogens with zero attached hydrogens (tertiary/aromatic N) is 1. The van der Waals surface area contributed by atoms with Crippen LogP contribution in [-0.4, -0.2) is 40.9 Å². The van der Waals surface area contributed by atoms with Crippen molar-refractivity contribution in [3.05, 3.63) is 64.8 Å². The third-order valence-electron chi connectivity index (χ3n) is 6.23. The predicted molar refractivity (Wildman–Crippen MR) is 130 cm³/mol. The Morgan fingerprint density at radius 2 is 1.79 bits per heavy atom. The number of hydrogen-bond donors (Lipinski definition) is 2. The molecule has 7 nitrogen and oxygen atoms in total. The highest BCUT2D eigenvalue weighted by Crippen LogP contribution is 2.34. The Morgan fingerprint density at radius 1 is 1.06 bits per heavy atom. The number of hydrogen-bond acceptors (Lipinski definition) is 5. The molecule has 0 aliphatic carbocycles. The van der Waals surface area contributed by atoms with Crippen LogP contribution in [-0.2, 0) is 22.5 Å². The smallest absolute Gasteiger partial charge is 0.337 e. The number of carboxylic acids is 1. The van der Waals surface area contributed by atoms with Crippen molar-refractivity contribution in [3.8, 4) is 5.75 Å². The first-order valence-electron chi connectivity index (χ1n) is 11.5. The Balaban J connectivity index is 2.07. The molecule has 2 aromatic carbocycles. The third-order valence-corrected chi connectivity index (χ3v) is 6.23. The van der Waals surface area contributed by atoms with Crippen molar-refractivity contribution in [3.63, 3.8) is 0 Å². The van der Waals surface area contributed by atoms with Crippen LogP contribution in [0.25, 0.3) is 10.9 Å². The van der Waals surface area contributed by atoms with Crippen LogP contribution in [0.3, 0.4) is 0 Å². The van der Waals surface area contributed by atoms with Gasteiger partial charge >= 0.3 is 11.9 Å². The highest BCUT2D eigenvalue weighted by atomic mass is 16.5. The second-order valence-electron chi connectivity index (χ2n) is 8.87.